The molecule has 0 saturated carbocycles. The van der Waals surface area contributed by atoms with Crippen LogP contribution in [0.4, 0.5) is 0 Å². The van der Waals surface area contributed by atoms with Crippen LogP contribution in [0.2, 0.25) is 0 Å². The summed E-state index contributed by atoms with van der Waals surface area (Å²) >= 11 is 1.49. The lowest BCUT2D eigenvalue weighted by Crippen LogP contribution is -2.51. The second-order valence-corrected chi connectivity index (χ2v) is 10.1. The fraction of sp³-hybridized carbons (Fsp3) is 0.588. The minimum Gasteiger partial charge on any atom is -0.350 e. The molecule has 1 amide bonds. The molecule has 3 atom stereocenters. The van der Waals surface area contributed by atoms with Gasteiger partial charge in [0, 0.05) is 10.9 Å². The molecule has 3 unspecified atom stereocenters. The molecule has 1 aromatic rings. The Morgan fingerprint density at radius 1 is 1.21 bits per heavy atom. The fourth-order valence-electron chi connectivity index (χ4n) is 3.46. The minimum absolute atomic E-state index is 0.0582. The lowest BCUT2D eigenvalue weighted by atomic mass is 10.1. The maximum absolute atomic E-state index is 12.5. The van der Waals surface area contributed by atoms with Crippen molar-refractivity contribution in [1.82, 2.24) is 10.2 Å². The summed E-state index contributed by atoms with van der Waals surface area (Å²) in [6.45, 7) is 3.73. The molecule has 1 aromatic carbocycles. The van der Waals surface area contributed by atoms with Crippen LogP contribution in [0.25, 0.3) is 0 Å². The van der Waals surface area contributed by atoms with Gasteiger partial charge in [0.1, 0.15) is 0 Å². The summed E-state index contributed by atoms with van der Waals surface area (Å²) in [5.74, 6) is 0.135. The molecule has 2 fully saturated rings. The molecule has 7 heteroatoms. The van der Waals surface area contributed by atoms with Gasteiger partial charge in [0.05, 0.1) is 22.8 Å². The number of nitrogens with zero attached hydrogens (tertiary/aromatic N) is 1. The summed E-state index contributed by atoms with van der Waals surface area (Å²) < 4.78 is 24.1. The van der Waals surface area contributed by atoms with Crippen molar-refractivity contribution in [3.05, 3.63) is 30.3 Å². The van der Waals surface area contributed by atoms with Crippen LogP contribution in [0.3, 0.4) is 0 Å². The number of benzene rings is 1. The zero-order valence-corrected chi connectivity index (χ0v) is 15.5. The molecule has 132 valence electrons. The van der Waals surface area contributed by atoms with Crippen LogP contribution in [0, 0.1) is 0 Å². The van der Waals surface area contributed by atoms with Crippen LogP contribution < -0.4 is 5.32 Å². The number of thioether (sulfide) groups is 1. The first-order chi connectivity index (χ1) is 11.4. The summed E-state index contributed by atoms with van der Waals surface area (Å²) in [5.41, 5.74) is 0. The Balaban J connectivity index is 1.63. The molecule has 3 rings (SSSR count). The van der Waals surface area contributed by atoms with Crippen molar-refractivity contribution in [3.63, 3.8) is 0 Å². The van der Waals surface area contributed by atoms with Gasteiger partial charge >= 0.3 is 0 Å². The van der Waals surface area contributed by atoms with Crippen LogP contribution in [-0.4, -0.2) is 61.2 Å². The third-order valence-corrected chi connectivity index (χ3v) is 7.51. The predicted molar refractivity (Wildman–Crippen MR) is 96.9 cm³/mol. The molecular formula is C17H24N2O3S2. The van der Waals surface area contributed by atoms with Gasteiger partial charge in [0.25, 0.3) is 0 Å². The van der Waals surface area contributed by atoms with Gasteiger partial charge in [-0.25, -0.2) is 8.42 Å². The third kappa shape index (κ3) is 4.32. The maximum Gasteiger partial charge on any atom is 0.233 e. The molecule has 2 aliphatic rings. The Bertz CT molecular complexity index is 672. The third-order valence-electron chi connectivity index (χ3n) is 4.69. The second-order valence-electron chi connectivity index (χ2n) is 6.58. The molecule has 0 aliphatic carbocycles. The van der Waals surface area contributed by atoms with Crippen molar-refractivity contribution in [1.29, 1.82) is 0 Å². The SMILES string of the molecule is CC(Sc1ccccc1)C(=O)NC1CS(=O)(=O)CC1N1CCCC1. The lowest BCUT2D eigenvalue weighted by molar-refractivity contribution is -0.121. The van der Waals surface area contributed by atoms with E-state index < -0.39 is 9.84 Å². The van der Waals surface area contributed by atoms with E-state index in [1.54, 1.807) is 0 Å². The van der Waals surface area contributed by atoms with Crippen LogP contribution >= 0.6 is 11.8 Å². The Labute approximate surface area is 148 Å². The summed E-state index contributed by atoms with van der Waals surface area (Å²) in [5, 5.41) is 2.75. The van der Waals surface area contributed by atoms with Crippen molar-refractivity contribution in [2.45, 2.75) is 42.0 Å². The first-order valence-electron chi connectivity index (χ1n) is 8.41. The van der Waals surface area contributed by atoms with E-state index in [0.717, 1.165) is 30.8 Å². The minimum atomic E-state index is -3.08. The number of amides is 1. The highest BCUT2D eigenvalue weighted by molar-refractivity contribution is 8.00. The number of rotatable bonds is 5. The van der Waals surface area contributed by atoms with E-state index in [-0.39, 0.29) is 34.7 Å². The van der Waals surface area contributed by atoms with Gasteiger partial charge in [-0.1, -0.05) is 18.2 Å². The molecule has 0 spiro atoms. The largest absolute Gasteiger partial charge is 0.350 e. The smallest absolute Gasteiger partial charge is 0.233 e. The highest BCUT2D eigenvalue weighted by atomic mass is 32.2. The highest BCUT2D eigenvalue weighted by Crippen LogP contribution is 2.25. The zero-order chi connectivity index (χ0) is 17.2. The molecular weight excluding hydrogens is 344 g/mol. The fourth-order valence-corrected chi connectivity index (χ4v) is 6.31. The maximum atomic E-state index is 12.5. The molecule has 0 radical (unpaired) electrons. The monoisotopic (exact) mass is 368 g/mol. The van der Waals surface area contributed by atoms with Crippen molar-refractivity contribution in [2.24, 2.45) is 0 Å². The Kier molecular flexibility index (Phi) is 5.52. The number of carbonyl (C=O) groups is 1. The summed E-state index contributed by atoms with van der Waals surface area (Å²) in [4.78, 5) is 15.8. The predicted octanol–water partition coefficient (Wildman–Crippen LogP) is 1.54. The molecule has 0 bridgehead atoms. The van der Waals surface area contributed by atoms with Crippen LogP contribution in [0.1, 0.15) is 19.8 Å². The molecule has 2 aliphatic heterocycles. The molecule has 5 nitrogen and oxygen atoms in total. The summed E-state index contributed by atoms with van der Waals surface area (Å²) in [7, 11) is -3.08. The normalized spacial score (nSPS) is 27.9. The summed E-state index contributed by atoms with van der Waals surface area (Å²) in [6.07, 6.45) is 2.22. The van der Waals surface area contributed by atoms with Crippen molar-refractivity contribution in [2.75, 3.05) is 24.6 Å². The van der Waals surface area contributed by atoms with E-state index in [0.29, 0.717) is 0 Å². The Morgan fingerprint density at radius 2 is 1.88 bits per heavy atom. The molecule has 2 heterocycles. The van der Waals surface area contributed by atoms with Crippen LogP contribution in [0.15, 0.2) is 35.2 Å². The van der Waals surface area contributed by atoms with E-state index in [9.17, 15) is 13.2 Å². The molecule has 0 aromatic heterocycles. The van der Waals surface area contributed by atoms with E-state index in [2.05, 4.69) is 10.2 Å². The van der Waals surface area contributed by atoms with Crippen molar-refractivity contribution in [3.8, 4) is 0 Å². The van der Waals surface area contributed by atoms with Gasteiger partial charge in [0.15, 0.2) is 9.84 Å². The number of sulfone groups is 1. The van der Waals surface area contributed by atoms with Gasteiger partial charge in [-0.3, -0.25) is 9.69 Å². The van der Waals surface area contributed by atoms with Crippen LogP contribution in [0.5, 0.6) is 0 Å². The Hall–Kier alpha value is -1.05. The topological polar surface area (TPSA) is 66.5 Å². The van der Waals surface area contributed by atoms with Gasteiger partial charge in [-0.15, -0.1) is 11.8 Å². The number of likely N-dealkylation sites (tertiary alicyclic amines) is 1. The van der Waals surface area contributed by atoms with Gasteiger partial charge in [0.2, 0.25) is 5.91 Å². The first kappa shape index (κ1) is 17.8. The van der Waals surface area contributed by atoms with Crippen molar-refractivity contribution >= 4 is 27.5 Å². The highest BCUT2D eigenvalue weighted by Gasteiger charge is 2.42. The van der Waals surface area contributed by atoms with Crippen molar-refractivity contribution < 1.29 is 13.2 Å². The number of hydrogen-bond donors (Lipinski definition) is 1. The standard InChI is InChI=1S/C17H24N2O3S2/c1-13(23-14-7-3-2-4-8-14)17(20)18-15-11-24(21,22)12-16(15)19-9-5-6-10-19/h2-4,7-8,13,15-16H,5-6,9-12H2,1H3,(H,18,20). The lowest BCUT2D eigenvalue weighted by Gasteiger charge is -2.29. The van der Waals surface area contributed by atoms with Crippen LogP contribution in [-0.2, 0) is 14.6 Å². The van der Waals surface area contributed by atoms with E-state index in [1.807, 2.05) is 37.3 Å². The van der Waals surface area contributed by atoms with E-state index in [4.69, 9.17) is 0 Å². The van der Waals surface area contributed by atoms with Gasteiger partial charge in [-0.2, -0.15) is 0 Å². The number of hydrogen-bond acceptors (Lipinski definition) is 5. The molecule has 2 saturated heterocycles. The zero-order valence-electron chi connectivity index (χ0n) is 13.8. The van der Waals surface area contributed by atoms with E-state index in [1.165, 1.54) is 11.8 Å². The quantitative estimate of drug-likeness (QED) is 0.799. The van der Waals surface area contributed by atoms with Gasteiger partial charge in [-0.05, 0) is 45.0 Å². The number of carbonyl (C=O) groups excluding carboxylic acids is 1. The van der Waals surface area contributed by atoms with E-state index >= 15 is 0 Å². The average molecular weight is 369 g/mol. The summed E-state index contributed by atoms with van der Waals surface area (Å²) in [6, 6.07) is 9.41. The van der Waals surface area contributed by atoms with Gasteiger partial charge < -0.3 is 5.32 Å². The Morgan fingerprint density at radius 3 is 2.54 bits per heavy atom. The average Bonchev–Trinajstić information content (AvgIpc) is 3.15. The number of nitrogens with one attached hydrogen (secondary N) is 1. The first-order valence-corrected chi connectivity index (χ1v) is 11.1. The molecule has 24 heavy (non-hydrogen) atoms. The molecule has 1 N–H and O–H groups in total. The second kappa shape index (κ2) is 7.45.